The Morgan fingerprint density at radius 3 is 2.76 bits per heavy atom. The van der Waals surface area contributed by atoms with Crippen molar-refractivity contribution < 1.29 is 4.79 Å². The van der Waals surface area contributed by atoms with Gasteiger partial charge in [-0.2, -0.15) is 0 Å². The van der Waals surface area contributed by atoms with Crippen molar-refractivity contribution in [1.82, 2.24) is 19.5 Å². The maximum Gasteiger partial charge on any atom is 0.271 e. The van der Waals surface area contributed by atoms with E-state index in [1.54, 1.807) is 17.0 Å². The lowest BCUT2D eigenvalue weighted by atomic mass is 10.3. The second-order valence-electron chi connectivity index (χ2n) is 3.56. The van der Waals surface area contributed by atoms with Gasteiger partial charge in [0.05, 0.1) is 0 Å². The molecule has 0 atom stereocenters. The molecule has 0 saturated carbocycles. The molecule has 0 aromatic carbocycles. The molecule has 0 spiro atoms. The summed E-state index contributed by atoms with van der Waals surface area (Å²) >= 11 is 0. The van der Waals surface area contributed by atoms with Crippen molar-refractivity contribution in [2.75, 3.05) is 0 Å². The number of hydrogen-bond acceptors (Lipinski definition) is 4. The molecular formula is C11H13N5O. The minimum absolute atomic E-state index is 0.155. The highest BCUT2D eigenvalue weighted by Gasteiger charge is 2.14. The number of rotatable bonds is 4. The van der Waals surface area contributed by atoms with Crippen LogP contribution >= 0.6 is 0 Å². The molecule has 0 unspecified atom stereocenters. The van der Waals surface area contributed by atoms with Crippen LogP contribution in [0.3, 0.4) is 0 Å². The van der Waals surface area contributed by atoms with E-state index in [2.05, 4.69) is 21.9 Å². The molecule has 0 radical (unpaired) electrons. The summed E-state index contributed by atoms with van der Waals surface area (Å²) in [7, 11) is 0. The van der Waals surface area contributed by atoms with Gasteiger partial charge in [0.25, 0.3) is 5.91 Å². The van der Waals surface area contributed by atoms with E-state index < -0.39 is 5.91 Å². The van der Waals surface area contributed by atoms with Gasteiger partial charge in [-0.05, 0) is 6.42 Å². The number of primary amides is 1. The van der Waals surface area contributed by atoms with Crippen molar-refractivity contribution >= 4 is 5.91 Å². The Kier molecular flexibility index (Phi) is 3.13. The highest BCUT2D eigenvalue weighted by Crippen LogP contribution is 2.12. The Morgan fingerprint density at radius 1 is 1.29 bits per heavy atom. The van der Waals surface area contributed by atoms with Gasteiger partial charge in [0.1, 0.15) is 5.82 Å². The Balaban J connectivity index is 2.52. The van der Waals surface area contributed by atoms with E-state index in [9.17, 15) is 4.79 Å². The largest absolute Gasteiger partial charge is 0.364 e. The van der Waals surface area contributed by atoms with Gasteiger partial charge >= 0.3 is 0 Å². The third-order valence-corrected chi connectivity index (χ3v) is 2.33. The van der Waals surface area contributed by atoms with Crippen molar-refractivity contribution in [2.45, 2.75) is 19.8 Å². The molecule has 0 bridgehead atoms. The molecule has 2 N–H and O–H groups in total. The molecule has 2 aromatic rings. The van der Waals surface area contributed by atoms with Crippen LogP contribution in [0.15, 0.2) is 24.8 Å². The Labute approximate surface area is 98.5 Å². The fraction of sp³-hybridized carbons (Fsp3) is 0.273. The molecule has 0 saturated heterocycles. The van der Waals surface area contributed by atoms with Crippen LogP contribution in [-0.2, 0) is 6.42 Å². The third kappa shape index (κ3) is 2.15. The van der Waals surface area contributed by atoms with E-state index in [4.69, 9.17) is 5.73 Å². The van der Waals surface area contributed by atoms with Gasteiger partial charge in [0, 0.05) is 31.2 Å². The molecular weight excluding hydrogens is 218 g/mol. The zero-order valence-corrected chi connectivity index (χ0v) is 9.50. The second kappa shape index (κ2) is 4.73. The molecule has 2 aromatic heterocycles. The summed E-state index contributed by atoms with van der Waals surface area (Å²) < 4.78 is 1.75. The second-order valence-corrected chi connectivity index (χ2v) is 3.56. The van der Waals surface area contributed by atoms with Crippen molar-refractivity contribution in [3.05, 3.63) is 36.3 Å². The van der Waals surface area contributed by atoms with Crippen LogP contribution < -0.4 is 5.73 Å². The molecule has 6 heteroatoms. The first-order valence-electron chi connectivity index (χ1n) is 5.37. The van der Waals surface area contributed by atoms with Crippen LogP contribution in [0.25, 0.3) is 5.82 Å². The van der Waals surface area contributed by atoms with Crippen LogP contribution in [0.1, 0.15) is 29.7 Å². The van der Waals surface area contributed by atoms with E-state index in [0.717, 1.165) is 18.7 Å². The smallest absolute Gasteiger partial charge is 0.271 e. The van der Waals surface area contributed by atoms with E-state index in [-0.39, 0.29) is 5.69 Å². The molecule has 1 amide bonds. The Morgan fingerprint density at radius 2 is 2.06 bits per heavy atom. The highest BCUT2D eigenvalue weighted by molar-refractivity contribution is 5.93. The van der Waals surface area contributed by atoms with Gasteiger partial charge in [0.15, 0.2) is 11.5 Å². The zero-order valence-electron chi connectivity index (χ0n) is 9.50. The van der Waals surface area contributed by atoms with Crippen LogP contribution in [0.2, 0.25) is 0 Å². The first kappa shape index (κ1) is 11.3. The van der Waals surface area contributed by atoms with E-state index in [0.29, 0.717) is 5.82 Å². The molecule has 2 heterocycles. The Bertz CT molecular complexity index is 534. The summed E-state index contributed by atoms with van der Waals surface area (Å²) in [5, 5.41) is 0. The van der Waals surface area contributed by atoms with Crippen LogP contribution in [0.5, 0.6) is 0 Å². The van der Waals surface area contributed by atoms with Gasteiger partial charge in [-0.3, -0.25) is 9.36 Å². The lowest BCUT2D eigenvalue weighted by Gasteiger charge is -2.08. The van der Waals surface area contributed by atoms with Crippen molar-refractivity contribution in [3.63, 3.8) is 0 Å². The average Bonchev–Trinajstić information content (AvgIpc) is 2.77. The maximum atomic E-state index is 11.3. The van der Waals surface area contributed by atoms with Gasteiger partial charge < -0.3 is 5.73 Å². The predicted octanol–water partition coefficient (Wildman–Crippen LogP) is 0.714. The Hall–Kier alpha value is -2.24. The maximum absolute atomic E-state index is 11.3. The molecule has 6 nitrogen and oxygen atoms in total. The topological polar surface area (TPSA) is 86.7 Å². The number of hydrogen-bond donors (Lipinski definition) is 1. The minimum atomic E-state index is -0.593. The fourth-order valence-electron chi connectivity index (χ4n) is 1.62. The highest BCUT2D eigenvalue weighted by atomic mass is 16.1. The summed E-state index contributed by atoms with van der Waals surface area (Å²) in [5.41, 5.74) is 5.42. The number of nitrogens with zero attached hydrogens (tertiary/aromatic N) is 4. The molecule has 0 fully saturated rings. The zero-order chi connectivity index (χ0) is 12.3. The van der Waals surface area contributed by atoms with E-state index in [1.807, 2.05) is 0 Å². The number of carbonyl (C=O) groups excluding carboxylic acids is 1. The number of nitrogens with two attached hydrogens (primary N) is 1. The standard InChI is InChI=1S/C11H13N5O/c1-2-3-8-13-6-7-16(8)11-9(10(12)17)14-4-5-15-11/h4-7H,2-3H2,1H3,(H2,12,17). The molecule has 17 heavy (non-hydrogen) atoms. The monoisotopic (exact) mass is 231 g/mol. The number of aryl methyl sites for hydroxylation is 1. The molecule has 0 aliphatic rings. The molecule has 0 aliphatic carbocycles. The number of amides is 1. The van der Waals surface area contributed by atoms with Crippen LogP contribution in [0.4, 0.5) is 0 Å². The quantitative estimate of drug-likeness (QED) is 0.839. The summed E-state index contributed by atoms with van der Waals surface area (Å²) in [6, 6.07) is 0. The predicted molar refractivity (Wildman–Crippen MR) is 61.7 cm³/mol. The van der Waals surface area contributed by atoms with Crippen molar-refractivity contribution in [3.8, 4) is 5.82 Å². The molecule has 2 rings (SSSR count). The fourth-order valence-corrected chi connectivity index (χ4v) is 1.62. The number of imidazole rings is 1. The number of carbonyl (C=O) groups is 1. The third-order valence-electron chi connectivity index (χ3n) is 2.33. The summed E-state index contributed by atoms with van der Waals surface area (Å²) in [5.74, 6) is 0.681. The summed E-state index contributed by atoms with van der Waals surface area (Å²) in [4.78, 5) is 23.6. The number of aromatic nitrogens is 4. The van der Waals surface area contributed by atoms with Gasteiger partial charge in [-0.1, -0.05) is 6.92 Å². The van der Waals surface area contributed by atoms with Crippen molar-refractivity contribution in [2.24, 2.45) is 5.73 Å². The van der Waals surface area contributed by atoms with Gasteiger partial charge in [-0.25, -0.2) is 15.0 Å². The van der Waals surface area contributed by atoms with Crippen LogP contribution in [-0.4, -0.2) is 25.4 Å². The van der Waals surface area contributed by atoms with E-state index in [1.165, 1.54) is 12.4 Å². The van der Waals surface area contributed by atoms with Gasteiger partial charge in [0.2, 0.25) is 0 Å². The summed E-state index contributed by atoms with van der Waals surface area (Å²) in [6.45, 7) is 2.06. The normalized spacial score (nSPS) is 10.4. The first-order chi connectivity index (χ1) is 8.24. The average molecular weight is 231 g/mol. The first-order valence-corrected chi connectivity index (χ1v) is 5.37. The SMILES string of the molecule is CCCc1nccn1-c1nccnc1C(N)=O. The lowest BCUT2D eigenvalue weighted by Crippen LogP contribution is -2.18. The van der Waals surface area contributed by atoms with Crippen molar-refractivity contribution in [1.29, 1.82) is 0 Å². The molecule has 0 aliphatic heterocycles. The van der Waals surface area contributed by atoms with Crippen LogP contribution in [0, 0.1) is 0 Å². The van der Waals surface area contributed by atoms with Gasteiger partial charge in [-0.15, -0.1) is 0 Å². The summed E-state index contributed by atoms with van der Waals surface area (Å²) in [6.07, 6.45) is 8.16. The van der Waals surface area contributed by atoms with E-state index >= 15 is 0 Å². The lowest BCUT2D eigenvalue weighted by molar-refractivity contribution is 0.0995. The molecule has 88 valence electrons. The minimum Gasteiger partial charge on any atom is -0.364 e.